The Balaban J connectivity index is 1.64. The van der Waals surface area contributed by atoms with Gasteiger partial charge in [-0.3, -0.25) is 4.79 Å². The second-order valence-electron chi connectivity index (χ2n) is 6.24. The number of halogens is 2. The molecule has 28 heavy (non-hydrogen) atoms. The lowest BCUT2D eigenvalue weighted by atomic mass is 9.99. The quantitative estimate of drug-likeness (QED) is 0.685. The Bertz CT molecular complexity index is 916. The van der Waals surface area contributed by atoms with Gasteiger partial charge in [-0.15, -0.1) is 0 Å². The summed E-state index contributed by atoms with van der Waals surface area (Å²) >= 11 is 11.8. The number of rotatable bonds is 5. The number of carbonyl (C=O) groups excluding carboxylic acids is 2. The minimum absolute atomic E-state index is 0.166. The Kier molecular flexibility index (Phi) is 6.31. The van der Waals surface area contributed by atoms with E-state index < -0.39 is 5.97 Å². The summed E-state index contributed by atoms with van der Waals surface area (Å²) in [5.74, 6) is 0.326. The van der Waals surface area contributed by atoms with Crippen LogP contribution in [-0.2, 0) is 22.5 Å². The minimum Gasteiger partial charge on any atom is -0.493 e. The van der Waals surface area contributed by atoms with E-state index in [2.05, 4.69) is 0 Å². The van der Waals surface area contributed by atoms with Crippen LogP contribution in [0.2, 0.25) is 10.0 Å². The molecule has 0 saturated carbocycles. The van der Waals surface area contributed by atoms with Gasteiger partial charge in [0.25, 0.3) is 5.91 Å². The van der Waals surface area contributed by atoms with Crippen LogP contribution in [0.15, 0.2) is 30.3 Å². The van der Waals surface area contributed by atoms with E-state index in [1.54, 1.807) is 19.1 Å². The van der Waals surface area contributed by atoms with Crippen LogP contribution in [0, 0.1) is 0 Å². The Labute approximate surface area is 172 Å². The van der Waals surface area contributed by atoms with Crippen molar-refractivity contribution < 1.29 is 23.8 Å². The third-order valence-corrected chi connectivity index (χ3v) is 5.10. The number of fused-ring (bicyclic) bond motifs is 1. The van der Waals surface area contributed by atoms with Crippen molar-refractivity contribution in [3.63, 3.8) is 0 Å². The molecule has 0 spiro atoms. The van der Waals surface area contributed by atoms with E-state index in [0.717, 1.165) is 11.1 Å². The first-order chi connectivity index (χ1) is 13.4. The maximum absolute atomic E-state index is 12.5. The summed E-state index contributed by atoms with van der Waals surface area (Å²) in [5, 5.41) is 0.592. The SMILES string of the molecule is COc1cc2c(cc1OC)CN(C(=O)COC(=O)c1ccc(Cl)cc1Cl)CC2. The van der Waals surface area contributed by atoms with Crippen molar-refractivity contribution in [2.75, 3.05) is 27.4 Å². The van der Waals surface area contributed by atoms with Crippen molar-refractivity contribution in [2.45, 2.75) is 13.0 Å². The van der Waals surface area contributed by atoms with Gasteiger partial charge in [0.05, 0.1) is 24.8 Å². The highest BCUT2D eigenvalue weighted by molar-refractivity contribution is 6.36. The summed E-state index contributed by atoms with van der Waals surface area (Å²) in [6, 6.07) is 8.25. The fourth-order valence-electron chi connectivity index (χ4n) is 3.05. The molecule has 8 heteroatoms. The predicted molar refractivity (Wildman–Crippen MR) is 105 cm³/mol. The average Bonchev–Trinajstić information content (AvgIpc) is 2.70. The molecule has 0 unspecified atom stereocenters. The summed E-state index contributed by atoms with van der Waals surface area (Å²) in [7, 11) is 3.15. The maximum Gasteiger partial charge on any atom is 0.340 e. The highest BCUT2D eigenvalue weighted by Crippen LogP contribution is 2.33. The Morgan fingerprint density at radius 1 is 1.04 bits per heavy atom. The van der Waals surface area contributed by atoms with Gasteiger partial charge in [0.1, 0.15) is 0 Å². The molecule has 1 amide bonds. The summed E-state index contributed by atoms with van der Waals surface area (Å²) in [6.45, 7) is 0.578. The summed E-state index contributed by atoms with van der Waals surface area (Å²) in [4.78, 5) is 26.3. The molecule has 1 heterocycles. The molecule has 2 aromatic carbocycles. The number of ether oxygens (including phenoxy) is 3. The summed E-state index contributed by atoms with van der Waals surface area (Å²) in [6.07, 6.45) is 0.679. The summed E-state index contributed by atoms with van der Waals surface area (Å²) in [5.41, 5.74) is 2.25. The van der Waals surface area contributed by atoms with E-state index in [1.807, 2.05) is 12.1 Å². The van der Waals surface area contributed by atoms with Gasteiger partial charge in [-0.25, -0.2) is 4.79 Å². The van der Waals surface area contributed by atoms with Crippen LogP contribution in [0.1, 0.15) is 21.5 Å². The molecular weight excluding hydrogens is 405 g/mol. The second-order valence-corrected chi connectivity index (χ2v) is 7.09. The number of methoxy groups -OCH3 is 2. The zero-order valence-corrected chi connectivity index (χ0v) is 17.0. The molecule has 0 aliphatic carbocycles. The third kappa shape index (κ3) is 4.34. The van der Waals surface area contributed by atoms with Gasteiger partial charge < -0.3 is 19.1 Å². The van der Waals surface area contributed by atoms with Crippen LogP contribution in [0.25, 0.3) is 0 Å². The number of benzene rings is 2. The smallest absolute Gasteiger partial charge is 0.340 e. The van der Waals surface area contributed by atoms with E-state index in [1.165, 1.54) is 18.2 Å². The first-order valence-electron chi connectivity index (χ1n) is 8.56. The van der Waals surface area contributed by atoms with Crippen LogP contribution in [0.5, 0.6) is 11.5 Å². The fourth-order valence-corrected chi connectivity index (χ4v) is 3.53. The van der Waals surface area contributed by atoms with Crippen molar-refractivity contribution in [2.24, 2.45) is 0 Å². The van der Waals surface area contributed by atoms with E-state index in [0.29, 0.717) is 36.0 Å². The van der Waals surface area contributed by atoms with Gasteiger partial charge in [0.15, 0.2) is 18.1 Å². The van der Waals surface area contributed by atoms with Crippen molar-refractivity contribution in [1.82, 2.24) is 4.90 Å². The Morgan fingerprint density at radius 3 is 2.36 bits per heavy atom. The minimum atomic E-state index is -0.668. The van der Waals surface area contributed by atoms with E-state index >= 15 is 0 Å². The first kappa shape index (κ1) is 20.3. The van der Waals surface area contributed by atoms with Gasteiger partial charge in [-0.2, -0.15) is 0 Å². The normalized spacial score (nSPS) is 12.9. The monoisotopic (exact) mass is 423 g/mol. The van der Waals surface area contributed by atoms with Crippen molar-refractivity contribution >= 4 is 35.1 Å². The highest BCUT2D eigenvalue weighted by atomic mass is 35.5. The van der Waals surface area contributed by atoms with Crippen LogP contribution < -0.4 is 9.47 Å². The maximum atomic E-state index is 12.5. The van der Waals surface area contributed by atoms with Gasteiger partial charge in [0.2, 0.25) is 0 Å². The van der Waals surface area contributed by atoms with Gasteiger partial charge in [-0.1, -0.05) is 23.2 Å². The Hall–Kier alpha value is -2.44. The fraction of sp³-hybridized carbons (Fsp3) is 0.300. The van der Waals surface area contributed by atoms with E-state index in [9.17, 15) is 9.59 Å². The lowest BCUT2D eigenvalue weighted by molar-refractivity contribution is -0.135. The van der Waals surface area contributed by atoms with E-state index in [4.69, 9.17) is 37.4 Å². The molecular formula is C20H19Cl2NO5. The lowest BCUT2D eigenvalue weighted by Gasteiger charge is -2.29. The molecule has 1 aliphatic heterocycles. The van der Waals surface area contributed by atoms with Crippen molar-refractivity contribution in [3.05, 3.63) is 57.1 Å². The molecule has 0 atom stereocenters. The Morgan fingerprint density at radius 2 is 1.71 bits per heavy atom. The van der Waals surface area contributed by atoms with Gasteiger partial charge >= 0.3 is 5.97 Å². The highest BCUT2D eigenvalue weighted by Gasteiger charge is 2.24. The van der Waals surface area contributed by atoms with E-state index in [-0.39, 0.29) is 23.1 Å². The van der Waals surface area contributed by atoms with Crippen LogP contribution >= 0.6 is 23.2 Å². The zero-order chi connectivity index (χ0) is 20.3. The molecule has 2 aromatic rings. The molecule has 0 bridgehead atoms. The average molecular weight is 424 g/mol. The standard InChI is InChI=1S/C20H19Cl2NO5/c1-26-17-7-12-5-6-23(10-13(12)8-18(17)27-2)19(24)11-28-20(25)15-4-3-14(21)9-16(15)22/h3-4,7-9H,5-6,10-11H2,1-2H3. The first-order valence-corrected chi connectivity index (χ1v) is 9.32. The number of hydrogen-bond acceptors (Lipinski definition) is 5. The van der Waals surface area contributed by atoms with Crippen LogP contribution in [0.4, 0.5) is 0 Å². The topological polar surface area (TPSA) is 65.1 Å². The van der Waals surface area contributed by atoms with Crippen molar-refractivity contribution in [3.8, 4) is 11.5 Å². The van der Waals surface area contributed by atoms with Crippen LogP contribution in [0.3, 0.4) is 0 Å². The molecule has 0 aromatic heterocycles. The van der Waals surface area contributed by atoms with Crippen LogP contribution in [-0.4, -0.2) is 44.1 Å². The number of carbonyl (C=O) groups is 2. The molecule has 0 fully saturated rings. The molecule has 0 saturated heterocycles. The molecule has 3 rings (SSSR count). The number of esters is 1. The second kappa shape index (κ2) is 8.71. The third-order valence-electron chi connectivity index (χ3n) is 4.55. The summed E-state index contributed by atoms with van der Waals surface area (Å²) < 4.78 is 15.8. The zero-order valence-electron chi connectivity index (χ0n) is 15.5. The number of hydrogen-bond donors (Lipinski definition) is 0. The van der Waals surface area contributed by atoms with Gasteiger partial charge in [0, 0.05) is 18.1 Å². The molecule has 148 valence electrons. The molecule has 0 N–H and O–H groups in total. The molecule has 6 nitrogen and oxygen atoms in total. The molecule has 1 aliphatic rings. The largest absolute Gasteiger partial charge is 0.493 e. The number of nitrogens with zero attached hydrogens (tertiary/aromatic N) is 1. The number of amides is 1. The van der Waals surface area contributed by atoms with Gasteiger partial charge in [-0.05, 0) is 47.9 Å². The predicted octanol–water partition coefficient (Wildman–Crippen LogP) is 3.75. The molecule has 0 radical (unpaired) electrons. The van der Waals surface area contributed by atoms with Crippen molar-refractivity contribution in [1.29, 1.82) is 0 Å². The lowest BCUT2D eigenvalue weighted by Crippen LogP contribution is -2.38.